The summed E-state index contributed by atoms with van der Waals surface area (Å²) in [4.78, 5) is 29.6. The monoisotopic (exact) mass is 420 g/mol. The summed E-state index contributed by atoms with van der Waals surface area (Å²) in [6, 6.07) is 11.0. The molecule has 3 aromatic heterocycles. The lowest BCUT2D eigenvalue weighted by Gasteiger charge is -2.10. The summed E-state index contributed by atoms with van der Waals surface area (Å²) in [7, 11) is 0. The van der Waals surface area contributed by atoms with Crippen molar-refractivity contribution in [2.45, 2.75) is 19.9 Å². The summed E-state index contributed by atoms with van der Waals surface area (Å²) < 4.78 is 12.4. The van der Waals surface area contributed by atoms with Gasteiger partial charge in [-0.05, 0) is 56.3 Å². The van der Waals surface area contributed by atoms with E-state index in [2.05, 4.69) is 15.4 Å². The van der Waals surface area contributed by atoms with Gasteiger partial charge in [0, 0.05) is 11.7 Å². The zero-order valence-electron chi connectivity index (χ0n) is 16.9. The molecule has 4 rings (SSSR count). The van der Waals surface area contributed by atoms with Crippen LogP contribution in [-0.2, 0) is 9.53 Å². The summed E-state index contributed by atoms with van der Waals surface area (Å²) >= 11 is 0. The van der Waals surface area contributed by atoms with Crippen molar-refractivity contribution in [3.8, 4) is 17.2 Å². The highest BCUT2D eigenvalue weighted by atomic mass is 16.5. The first-order valence-electron chi connectivity index (χ1n) is 9.60. The molecule has 158 valence electrons. The minimum Gasteiger partial charge on any atom is -0.508 e. The maximum Gasteiger partial charge on any atom is 0.339 e. The zero-order valence-corrected chi connectivity index (χ0v) is 16.9. The van der Waals surface area contributed by atoms with Gasteiger partial charge in [0.05, 0.1) is 23.4 Å². The molecule has 0 aliphatic rings. The van der Waals surface area contributed by atoms with Crippen LogP contribution in [-0.4, -0.2) is 38.4 Å². The Morgan fingerprint density at radius 3 is 2.68 bits per heavy atom. The van der Waals surface area contributed by atoms with Crippen molar-refractivity contribution in [3.05, 3.63) is 60.5 Å². The number of aromatic hydroxyl groups is 1. The van der Waals surface area contributed by atoms with Gasteiger partial charge in [0.15, 0.2) is 18.0 Å². The van der Waals surface area contributed by atoms with Crippen molar-refractivity contribution >= 4 is 28.6 Å². The Labute approximate surface area is 177 Å². The SMILES string of the molecule is CC(C)n1ncc2c(C(=O)OCC(=O)Nc3ccc(O)cc3)cc(-c3ccco3)nc21. The molecule has 0 aliphatic carbocycles. The number of furan rings is 1. The van der Waals surface area contributed by atoms with Crippen LogP contribution in [0.25, 0.3) is 22.5 Å². The normalized spacial score (nSPS) is 11.1. The Morgan fingerprint density at radius 2 is 2.00 bits per heavy atom. The number of benzene rings is 1. The van der Waals surface area contributed by atoms with Crippen LogP contribution in [0.15, 0.2) is 59.3 Å². The lowest BCUT2D eigenvalue weighted by molar-refractivity contribution is -0.119. The number of nitrogens with zero attached hydrogens (tertiary/aromatic N) is 3. The summed E-state index contributed by atoms with van der Waals surface area (Å²) in [5, 5.41) is 16.8. The molecule has 3 heterocycles. The highest BCUT2D eigenvalue weighted by Crippen LogP contribution is 2.27. The summed E-state index contributed by atoms with van der Waals surface area (Å²) in [6.45, 7) is 3.44. The van der Waals surface area contributed by atoms with Gasteiger partial charge in [0.2, 0.25) is 0 Å². The number of anilines is 1. The van der Waals surface area contributed by atoms with Crippen LogP contribution in [0.1, 0.15) is 30.2 Å². The van der Waals surface area contributed by atoms with Crippen LogP contribution in [0.4, 0.5) is 5.69 Å². The second-order valence-electron chi connectivity index (χ2n) is 7.12. The molecular weight excluding hydrogens is 400 g/mol. The largest absolute Gasteiger partial charge is 0.508 e. The first-order valence-corrected chi connectivity index (χ1v) is 9.60. The minimum absolute atomic E-state index is 0.0248. The summed E-state index contributed by atoms with van der Waals surface area (Å²) in [5.74, 6) is -0.601. The van der Waals surface area contributed by atoms with Gasteiger partial charge in [-0.2, -0.15) is 5.10 Å². The third kappa shape index (κ3) is 4.25. The molecular formula is C22H20N4O5. The molecule has 4 aromatic rings. The van der Waals surface area contributed by atoms with E-state index in [4.69, 9.17) is 9.15 Å². The van der Waals surface area contributed by atoms with Crippen molar-refractivity contribution in [1.82, 2.24) is 14.8 Å². The number of phenolic OH excluding ortho intramolecular Hbond substituents is 1. The van der Waals surface area contributed by atoms with Crippen LogP contribution >= 0.6 is 0 Å². The highest BCUT2D eigenvalue weighted by molar-refractivity contribution is 6.04. The first kappa shape index (κ1) is 20.1. The van der Waals surface area contributed by atoms with Crippen LogP contribution in [0.5, 0.6) is 5.75 Å². The Morgan fingerprint density at radius 1 is 1.23 bits per heavy atom. The number of hydrogen-bond acceptors (Lipinski definition) is 7. The van der Waals surface area contributed by atoms with E-state index in [9.17, 15) is 14.7 Å². The Hall–Kier alpha value is -4.14. The van der Waals surface area contributed by atoms with Crippen molar-refractivity contribution in [3.63, 3.8) is 0 Å². The molecule has 31 heavy (non-hydrogen) atoms. The molecule has 0 unspecified atom stereocenters. The average Bonchev–Trinajstić information content (AvgIpc) is 3.43. The number of amides is 1. The van der Waals surface area contributed by atoms with E-state index < -0.39 is 18.5 Å². The van der Waals surface area contributed by atoms with E-state index in [-0.39, 0.29) is 17.4 Å². The van der Waals surface area contributed by atoms with Gasteiger partial charge in [-0.1, -0.05) is 0 Å². The third-order valence-electron chi connectivity index (χ3n) is 4.53. The third-order valence-corrected chi connectivity index (χ3v) is 4.53. The van der Waals surface area contributed by atoms with Crippen LogP contribution < -0.4 is 5.32 Å². The predicted octanol–water partition coefficient (Wildman–Crippen LogP) is 3.77. The van der Waals surface area contributed by atoms with Crippen LogP contribution in [0.3, 0.4) is 0 Å². The maximum absolute atomic E-state index is 12.8. The molecule has 0 fully saturated rings. The number of aromatic nitrogens is 3. The summed E-state index contributed by atoms with van der Waals surface area (Å²) in [5.41, 5.74) is 1.69. The highest BCUT2D eigenvalue weighted by Gasteiger charge is 2.21. The fourth-order valence-corrected chi connectivity index (χ4v) is 3.07. The number of nitrogens with one attached hydrogen (secondary N) is 1. The van der Waals surface area contributed by atoms with Gasteiger partial charge in [0.1, 0.15) is 11.4 Å². The van der Waals surface area contributed by atoms with E-state index >= 15 is 0 Å². The van der Waals surface area contributed by atoms with Crippen molar-refractivity contribution in [2.75, 3.05) is 11.9 Å². The van der Waals surface area contributed by atoms with Gasteiger partial charge in [-0.25, -0.2) is 14.5 Å². The molecule has 0 saturated heterocycles. The second-order valence-corrected chi connectivity index (χ2v) is 7.12. The fourth-order valence-electron chi connectivity index (χ4n) is 3.07. The van der Waals surface area contributed by atoms with E-state index in [1.807, 2.05) is 13.8 Å². The topological polar surface area (TPSA) is 119 Å². The lowest BCUT2D eigenvalue weighted by Crippen LogP contribution is -2.21. The number of carbonyl (C=O) groups is 2. The van der Waals surface area contributed by atoms with Crippen LogP contribution in [0.2, 0.25) is 0 Å². The van der Waals surface area contributed by atoms with Gasteiger partial charge >= 0.3 is 5.97 Å². The predicted molar refractivity (Wildman–Crippen MR) is 113 cm³/mol. The first-order chi connectivity index (χ1) is 14.9. The molecule has 0 spiro atoms. The van der Waals surface area contributed by atoms with Crippen molar-refractivity contribution in [1.29, 1.82) is 0 Å². The minimum atomic E-state index is -0.677. The average molecular weight is 420 g/mol. The molecule has 0 atom stereocenters. The Balaban J connectivity index is 1.58. The molecule has 1 aromatic carbocycles. The number of pyridine rings is 1. The molecule has 9 heteroatoms. The van der Waals surface area contributed by atoms with E-state index in [0.717, 1.165) is 0 Å². The number of phenols is 1. The Kier molecular flexibility index (Phi) is 5.40. The van der Waals surface area contributed by atoms with Gasteiger partial charge in [-0.3, -0.25) is 4.79 Å². The summed E-state index contributed by atoms with van der Waals surface area (Å²) in [6.07, 6.45) is 3.08. The molecule has 0 bridgehead atoms. The number of hydrogen-bond donors (Lipinski definition) is 2. The van der Waals surface area contributed by atoms with Gasteiger partial charge < -0.3 is 19.6 Å². The molecule has 1 amide bonds. The van der Waals surface area contributed by atoms with E-state index in [1.165, 1.54) is 30.5 Å². The molecule has 0 aliphatic heterocycles. The number of esters is 1. The van der Waals surface area contributed by atoms with Gasteiger partial charge in [0.25, 0.3) is 5.91 Å². The fraction of sp³-hybridized carbons (Fsp3) is 0.182. The van der Waals surface area contributed by atoms with E-state index in [1.54, 1.807) is 29.1 Å². The standard InChI is InChI=1S/C22H20N4O5/c1-13(2)26-21-17(11-23-26)16(10-18(25-21)19-4-3-9-30-19)22(29)31-12-20(28)24-14-5-7-15(27)8-6-14/h3-11,13,27H,12H2,1-2H3,(H,24,28). The molecule has 0 saturated carbocycles. The van der Waals surface area contributed by atoms with Crippen molar-refractivity contribution in [2.24, 2.45) is 0 Å². The molecule has 2 N–H and O–H groups in total. The smallest absolute Gasteiger partial charge is 0.339 e. The molecule has 9 nitrogen and oxygen atoms in total. The lowest BCUT2D eigenvalue weighted by atomic mass is 10.1. The van der Waals surface area contributed by atoms with Crippen LogP contribution in [0, 0.1) is 0 Å². The number of ether oxygens (including phenoxy) is 1. The molecule has 0 radical (unpaired) electrons. The Bertz CT molecular complexity index is 1230. The maximum atomic E-state index is 12.8. The number of fused-ring (bicyclic) bond motifs is 1. The second kappa shape index (κ2) is 8.31. The van der Waals surface area contributed by atoms with E-state index in [0.29, 0.717) is 28.2 Å². The zero-order chi connectivity index (χ0) is 22.0. The van der Waals surface area contributed by atoms with Gasteiger partial charge in [-0.15, -0.1) is 0 Å². The number of rotatable bonds is 6. The quantitative estimate of drug-likeness (QED) is 0.360. The number of carbonyl (C=O) groups excluding carboxylic acids is 2. The van der Waals surface area contributed by atoms with Crippen molar-refractivity contribution < 1.29 is 23.8 Å².